The minimum absolute atomic E-state index is 0.118. The molecule has 0 radical (unpaired) electrons. The van der Waals surface area contributed by atoms with E-state index in [0.717, 1.165) is 16.3 Å². The lowest BCUT2D eigenvalue weighted by Crippen LogP contribution is -2.14. The topological polar surface area (TPSA) is 59.3 Å². The van der Waals surface area contributed by atoms with Crippen molar-refractivity contribution in [3.05, 3.63) is 77.9 Å². The number of hydrogen-bond acceptors (Lipinski definition) is 4. The molecule has 3 rings (SSSR count). The van der Waals surface area contributed by atoms with Crippen LogP contribution in [0.2, 0.25) is 0 Å². The number of carbonyl (C=O) groups is 1. The highest BCUT2D eigenvalue weighted by molar-refractivity contribution is 5.88. The lowest BCUT2D eigenvalue weighted by atomic mass is 10.1. The molecule has 3 aromatic carbocycles. The van der Waals surface area contributed by atoms with Gasteiger partial charge >= 0.3 is 5.97 Å². The molecule has 0 saturated carbocycles. The Balaban J connectivity index is 1.58. The highest BCUT2D eigenvalue weighted by atomic mass is 16.6. The van der Waals surface area contributed by atoms with Crippen molar-refractivity contribution in [2.75, 3.05) is 6.61 Å². The second-order valence-corrected chi connectivity index (χ2v) is 5.24. The summed E-state index contributed by atoms with van der Waals surface area (Å²) in [6.07, 6.45) is 0. The van der Waals surface area contributed by atoms with E-state index < -0.39 is 5.97 Å². The molecule has 4 nitrogen and oxygen atoms in total. The molecule has 0 unspecified atom stereocenters. The standard InChI is InChI=1S/C20H15NO3/c21-12-15-5-3-6-16(11-15)13-24-20(22)14-23-19-10-4-8-17-7-1-2-9-18(17)19/h1-11H,13-14H2. The van der Waals surface area contributed by atoms with Crippen LogP contribution < -0.4 is 4.74 Å². The zero-order valence-corrected chi connectivity index (χ0v) is 12.9. The zero-order valence-electron chi connectivity index (χ0n) is 12.9. The molecule has 0 aliphatic carbocycles. The number of carbonyl (C=O) groups excluding carboxylic acids is 1. The Bertz CT molecular complexity index is 907. The average molecular weight is 317 g/mol. The summed E-state index contributed by atoms with van der Waals surface area (Å²) in [7, 11) is 0. The lowest BCUT2D eigenvalue weighted by molar-refractivity contribution is -0.147. The van der Waals surface area contributed by atoms with Crippen molar-refractivity contribution >= 4 is 16.7 Å². The molecule has 0 spiro atoms. The van der Waals surface area contributed by atoms with Gasteiger partial charge in [-0.25, -0.2) is 4.79 Å². The highest BCUT2D eigenvalue weighted by Crippen LogP contribution is 2.25. The van der Waals surface area contributed by atoms with Crippen LogP contribution >= 0.6 is 0 Å². The van der Waals surface area contributed by atoms with Gasteiger partial charge in [-0.1, -0.05) is 48.5 Å². The van der Waals surface area contributed by atoms with Crippen molar-refractivity contribution < 1.29 is 14.3 Å². The Morgan fingerprint density at radius 1 is 1.00 bits per heavy atom. The maximum Gasteiger partial charge on any atom is 0.344 e. The molecular formula is C20H15NO3. The van der Waals surface area contributed by atoms with Gasteiger partial charge in [0.05, 0.1) is 11.6 Å². The van der Waals surface area contributed by atoms with Crippen molar-refractivity contribution in [2.24, 2.45) is 0 Å². The molecule has 0 bridgehead atoms. The molecule has 0 atom stereocenters. The van der Waals surface area contributed by atoms with Crippen molar-refractivity contribution in [1.82, 2.24) is 0 Å². The number of esters is 1. The molecule has 0 aliphatic heterocycles. The van der Waals surface area contributed by atoms with Gasteiger partial charge in [0, 0.05) is 5.39 Å². The van der Waals surface area contributed by atoms with E-state index in [1.807, 2.05) is 42.5 Å². The van der Waals surface area contributed by atoms with Crippen LogP contribution in [0.1, 0.15) is 11.1 Å². The van der Waals surface area contributed by atoms with Gasteiger partial charge in [0.1, 0.15) is 12.4 Å². The molecule has 4 heteroatoms. The van der Waals surface area contributed by atoms with E-state index in [4.69, 9.17) is 14.7 Å². The third kappa shape index (κ3) is 3.71. The number of nitriles is 1. The fourth-order valence-corrected chi connectivity index (χ4v) is 2.39. The van der Waals surface area contributed by atoms with Crippen LogP contribution in [0.3, 0.4) is 0 Å². The van der Waals surface area contributed by atoms with E-state index in [2.05, 4.69) is 6.07 Å². The van der Waals surface area contributed by atoms with Crippen LogP contribution in [0.25, 0.3) is 10.8 Å². The first-order chi connectivity index (χ1) is 11.8. The van der Waals surface area contributed by atoms with Gasteiger partial charge in [-0.05, 0) is 29.1 Å². The summed E-state index contributed by atoms with van der Waals surface area (Å²) in [5.41, 5.74) is 1.31. The Labute approximate surface area is 139 Å². The summed E-state index contributed by atoms with van der Waals surface area (Å²) in [6, 6.07) is 22.5. The first-order valence-corrected chi connectivity index (χ1v) is 7.51. The summed E-state index contributed by atoms with van der Waals surface area (Å²) >= 11 is 0. The molecule has 0 saturated heterocycles. The smallest absolute Gasteiger partial charge is 0.344 e. The number of benzene rings is 3. The van der Waals surface area contributed by atoms with E-state index in [1.165, 1.54) is 0 Å². The minimum Gasteiger partial charge on any atom is -0.481 e. The summed E-state index contributed by atoms with van der Waals surface area (Å²) < 4.78 is 10.8. The lowest BCUT2D eigenvalue weighted by Gasteiger charge is -2.09. The number of nitrogens with zero attached hydrogens (tertiary/aromatic N) is 1. The Kier molecular flexibility index (Phi) is 4.73. The van der Waals surface area contributed by atoms with Crippen LogP contribution in [0.4, 0.5) is 0 Å². The molecule has 24 heavy (non-hydrogen) atoms. The second-order valence-electron chi connectivity index (χ2n) is 5.24. The molecule has 0 heterocycles. The van der Waals surface area contributed by atoms with Crippen molar-refractivity contribution in [1.29, 1.82) is 5.26 Å². The normalized spacial score (nSPS) is 10.1. The monoisotopic (exact) mass is 317 g/mol. The molecule has 118 valence electrons. The summed E-state index contributed by atoms with van der Waals surface area (Å²) in [4.78, 5) is 11.9. The van der Waals surface area contributed by atoms with Gasteiger partial charge in [-0.2, -0.15) is 5.26 Å². The average Bonchev–Trinajstić information content (AvgIpc) is 2.64. The molecule has 0 N–H and O–H groups in total. The van der Waals surface area contributed by atoms with Gasteiger partial charge < -0.3 is 9.47 Å². The van der Waals surface area contributed by atoms with Gasteiger partial charge in [0.25, 0.3) is 0 Å². The highest BCUT2D eigenvalue weighted by Gasteiger charge is 2.07. The van der Waals surface area contributed by atoms with Crippen molar-refractivity contribution in [3.8, 4) is 11.8 Å². The Hall–Kier alpha value is -3.32. The molecule has 0 aliphatic rings. The van der Waals surface area contributed by atoms with Crippen molar-refractivity contribution in [2.45, 2.75) is 6.61 Å². The maximum absolute atomic E-state index is 11.9. The van der Waals surface area contributed by atoms with E-state index in [9.17, 15) is 4.79 Å². The van der Waals surface area contributed by atoms with Crippen LogP contribution in [0, 0.1) is 11.3 Å². The zero-order chi connectivity index (χ0) is 16.8. The third-order valence-electron chi connectivity index (χ3n) is 3.55. The Morgan fingerprint density at radius 3 is 2.67 bits per heavy atom. The first kappa shape index (κ1) is 15.6. The van der Waals surface area contributed by atoms with E-state index in [1.54, 1.807) is 24.3 Å². The number of hydrogen-bond donors (Lipinski definition) is 0. The van der Waals surface area contributed by atoms with Gasteiger partial charge in [0.15, 0.2) is 6.61 Å². The fourth-order valence-electron chi connectivity index (χ4n) is 2.39. The molecule has 0 fully saturated rings. The number of rotatable bonds is 5. The molecule has 3 aromatic rings. The van der Waals surface area contributed by atoms with Gasteiger partial charge in [0.2, 0.25) is 0 Å². The van der Waals surface area contributed by atoms with E-state index in [0.29, 0.717) is 11.3 Å². The summed E-state index contributed by atoms with van der Waals surface area (Å²) in [6.45, 7) is -0.0425. The maximum atomic E-state index is 11.9. The Morgan fingerprint density at radius 2 is 1.79 bits per heavy atom. The van der Waals surface area contributed by atoms with Crippen molar-refractivity contribution in [3.63, 3.8) is 0 Å². The first-order valence-electron chi connectivity index (χ1n) is 7.51. The predicted octanol–water partition coefficient (Wildman–Crippen LogP) is 3.83. The van der Waals surface area contributed by atoms with Crippen LogP contribution in [0.15, 0.2) is 66.7 Å². The van der Waals surface area contributed by atoms with E-state index in [-0.39, 0.29) is 13.2 Å². The van der Waals surface area contributed by atoms with Crippen LogP contribution in [0.5, 0.6) is 5.75 Å². The minimum atomic E-state index is -0.453. The molecular weight excluding hydrogens is 302 g/mol. The SMILES string of the molecule is N#Cc1cccc(COC(=O)COc2cccc3ccccc23)c1. The van der Waals surface area contributed by atoms with Gasteiger partial charge in [-0.15, -0.1) is 0 Å². The largest absolute Gasteiger partial charge is 0.481 e. The molecule has 0 aromatic heterocycles. The summed E-state index contributed by atoms with van der Waals surface area (Å²) in [5.74, 6) is 0.196. The quantitative estimate of drug-likeness (QED) is 0.671. The van der Waals surface area contributed by atoms with E-state index >= 15 is 0 Å². The predicted molar refractivity (Wildman–Crippen MR) is 90.4 cm³/mol. The fraction of sp³-hybridized carbons (Fsp3) is 0.100. The second kappa shape index (κ2) is 7.30. The van der Waals surface area contributed by atoms with Gasteiger partial charge in [-0.3, -0.25) is 0 Å². The number of fused-ring (bicyclic) bond motifs is 1. The van der Waals surface area contributed by atoms with Crippen LogP contribution in [-0.2, 0) is 16.1 Å². The molecule has 0 amide bonds. The van der Waals surface area contributed by atoms with Crippen LogP contribution in [-0.4, -0.2) is 12.6 Å². The summed E-state index contributed by atoms with van der Waals surface area (Å²) in [5, 5.41) is 10.9. The third-order valence-corrected chi connectivity index (χ3v) is 3.55. The number of ether oxygens (including phenoxy) is 2.